The maximum atomic E-state index is 11.5. The second-order valence-corrected chi connectivity index (χ2v) is 4.98. The van der Waals surface area contributed by atoms with E-state index in [-0.39, 0.29) is 12.5 Å². The van der Waals surface area contributed by atoms with Gasteiger partial charge in [-0.2, -0.15) is 0 Å². The Labute approximate surface area is 97.2 Å². The summed E-state index contributed by atoms with van der Waals surface area (Å²) < 4.78 is 3.74. The van der Waals surface area contributed by atoms with Crippen LogP contribution in [0.15, 0.2) is 0 Å². The molecule has 0 heterocycles. The van der Waals surface area contributed by atoms with Gasteiger partial charge in [-0.25, -0.2) is 0 Å². The van der Waals surface area contributed by atoms with Gasteiger partial charge in [-0.05, 0) is 6.42 Å². The van der Waals surface area contributed by atoms with E-state index >= 15 is 0 Å². The van der Waals surface area contributed by atoms with Crippen LogP contribution in [0, 0.1) is 5.92 Å². The fraction of sp³-hybridized carbons (Fsp3) is 0.750. The maximum Gasteiger partial charge on any atom is 0.242 e. The van der Waals surface area contributed by atoms with Crippen molar-refractivity contribution in [2.45, 2.75) is 16.8 Å². The number of ether oxygens (including phenoxy) is 1. The highest BCUT2D eigenvalue weighted by molar-refractivity contribution is 6.52. The maximum absolute atomic E-state index is 11.5. The standard InChI is InChI=1S/C8H12Cl2N2O3/c1-15-3-5(6(11)13)12-7(14)4-2-8(4,9)10/h4-5H,2-3H2,1H3,(H2,11,13)(H,12,14)/t4-,5+/m1/s1. The first kappa shape index (κ1) is 12.5. The number of methoxy groups -OCH3 is 1. The van der Waals surface area contributed by atoms with Crippen LogP contribution in [-0.4, -0.2) is 35.9 Å². The number of carbonyl (C=O) groups is 2. The molecule has 1 aliphatic carbocycles. The first-order chi connectivity index (χ1) is 6.88. The quantitative estimate of drug-likeness (QED) is 0.667. The van der Waals surface area contributed by atoms with Gasteiger partial charge < -0.3 is 15.8 Å². The van der Waals surface area contributed by atoms with E-state index < -0.39 is 22.2 Å². The minimum absolute atomic E-state index is 0.0331. The van der Waals surface area contributed by atoms with Gasteiger partial charge in [0.25, 0.3) is 0 Å². The molecule has 0 aromatic heterocycles. The van der Waals surface area contributed by atoms with Crippen LogP contribution in [0.4, 0.5) is 0 Å². The van der Waals surface area contributed by atoms with Crippen LogP contribution in [0.2, 0.25) is 0 Å². The molecule has 0 aromatic carbocycles. The third-order valence-corrected chi connectivity index (χ3v) is 2.97. The lowest BCUT2D eigenvalue weighted by Gasteiger charge is -2.14. The number of halogens is 2. The summed E-state index contributed by atoms with van der Waals surface area (Å²) in [4.78, 5) is 22.4. The number of rotatable bonds is 5. The summed E-state index contributed by atoms with van der Waals surface area (Å²) in [6, 6.07) is -0.841. The van der Waals surface area contributed by atoms with Crippen molar-refractivity contribution in [1.29, 1.82) is 0 Å². The average molecular weight is 255 g/mol. The molecule has 0 bridgehead atoms. The molecule has 0 saturated heterocycles. The van der Waals surface area contributed by atoms with E-state index in [9.17, 15) is 9.59 Å². The Hall–Kier alpha value is -0.520. The van der Waals surface area contributed by atoms with Crippen LogP contribution >= 0.6 is 23.2 Å². The molecular formula is C8H12Cl2N2O3. The SMILES string of the molecule is COC[C@H](NC(=O)[C@H]1CC1(Cl)Cl)C(N)=O. The van der Waals surface area contributed by atoms with Crippen LogP contribution < -0.4 is 11.1 Å². The Morgan fingerprint density at radius 2 is 2.20 bits per heavy atom. The zero-order valence-electron chi connectivity index (χ0n) is 8.13. The number of nitrogens with one attached hydrogen (secondary N) is 1. The van der Waals surface area contributed by atoms with Crippen molar-refractivity contribution in [3.63, 3.8) is 0 Å². The molecule has 1 saturated carbocycles. The number of nitrogens with two attached hydrogens (primary N) is 1. The summed E-state index contributed by atoms with van der Waals surface area (Å²) in [6.07, 6.45) is 0.389. The lowest BCUT2D eigenvalue weighted by atomic mass is 10.2. The molecule has 0 spiro atoms. The van der Waals surface area contributed by atoms with Crippen molar-refractivity contribution in [2.75, 3.05) is 13.7 Å². The topological polar surface area (TPSA) is 81.4 Å². The predicted octanol–water partition coefficient (Wildman–Crippen LogP) is -0.203. The molecule has 15 heavy (non-hydrogen) atoms. The fourth-order valence-corrected chi connectivity index (χ4v) is 1.64. The molecule has 0 radical (unpaired) electrons. The van der Waals surface area contributed by atoms with E-state index in [4.69, 9.17) is 33.7 Å². The van der Waals surface area contributed by atoms with E-state index in [1.165, 1.54) is 7.11 Å². The van der Waals surface area contributed by atoms with E-state index in [2.05, 4.69) is 5.32 Å². The minimum Gasteiger partial charge on any atom is -0.382 e. The molecule has 0 aliphatic heterocycles. The fourth-order valence-electron chi connectivity index (χ4n) is 1.13. The first-order valence-corrected chi connectivity index (χ1v) is 5.10. The summed E-state index contributed by atoms with van der Waals surface area (Å²) in [5.74, 6) is -1.50. The van der Waals surface area contributed by atoms with Crippen molar-refractivity contribution >= 4 is 35.0 Å². The second-order valence-electron chi connectivity index (χ2n) is 3.44. The molecule has 0 aromatic rings. The highest BCUT2D eigenvalue weighted by Gasteiger charge is 2.56. The summed E-state index contributed by atoms with van der Waals surface area (Å²) in [5, 5.41) is 2.43. The highest BCUT2D eigenvalue weighted by atomic mass is 35.5. The summed E-state index contributed by atoms with van der Waals surface area (Å²) in [7, 11) is 1.41. The van der Waals surface area contributed by atoms with Crippen molar-refractivity contribution in [1.82, 2.24) is 5.32 Å². The number of hydrogen-bond donors (Lipinski definition) is 2. The largest absolute Gasteiger partial charge is 0.382 e. The van der Waals surface area contributed by atoms with E-state index in [1.807, 2.05) is 0 Å². The molecule has 1 fully saturated rings. The van der Waals surface area contributed by atoms with Gasteiger partial charge >= 0.3 is 0 Å². The Morgan fingerprint density at radius 3 is 2.53 bits per heavy atom. The van der Waals surface area contributed by atoms with Gasteiger partial charge in [-0.1, -0.05) is 0 Å². The van der Waals surface area contributed by atoms with Crippen LogP contribution in [-0.2, 0) is 14.3 Å². The second kappa shape index (κ2) is 4.55. The predicted molar refractivity (Wildman–Crippen MR) is 55.5 cm³/mol. The number of carbonyl (C=O) groups excluding carboxylic acids is 2. The highest BCUT2D eigenvalue weighted by Crippen LogP contribution is 2.53. The lowest BCUT2D eigenvalue weighted by Crippen LogP contribution is -2.48. The molecule has 2 amide bonds. The van der Waals surface area contributed by atoms with Gasteiger partial charge in [0, 0.05) is 7.11 Å². The minimum atomic E-state index is -1.00. The number of primary amides is 1. The zero-order valence-corrected chi connectivity index (χ0v) is 9.64. The van der Waals surface area contributed by atoms with E-state index in [0.717, 1.165) is 0 Å². The molecule has 5 nitrogen and oxygen atoms in total. The summed E-state index contributed by atoms with van der Waals surface area (Å²) in [6.45, 7) is 0.0331. The lowest BCUT2D eigenvalue weighted by molar-refractivity contribution is -0.129. The van der Waals surface area contributed by atoms with Gasteiger partial charge in [0.05, 0.1) is 12.5 Å². The van der Waals surface area contributed by atoms with Gasteiger partial charge in [0.1, 0.15) is 10.4 Å². The smallest absolute Gasteiger partial charge is 0.242 e. The number of amides is 2. The molecule has 1 aliphatic rings. The number of hydrogen-bond acceptors (Lipinski definition) is 3. The van der Waals surface area contributed by atoms with Crippen molar-refractivity contribution in [3.8, 4) is 0 Å². The van der Waals surface area contributed by atoms with Gasteiger partial charge in [-0.15, -0.1) is 23.2 Å². The van der Waals surface area contributed by atoms with Gasteiger partial charge in [-0.3, -0.25) is 9.59 Å². The van der Waals surface area contributed by atoms with Crippen molar-refractivity contribution in [2.24, 2.45) is 11.7 Å². The average Bonchev–Trinajstić information content (AvgIpc) is 2.74. The molecule has 0 unspecified atom stereocenters. The Bertz CT molecular complexity index is 283. The summed E-state index contributed by atoms with van der Waals surface area (Å²) >= 11 is 11.4. The molecule has 2 atom stereocenters. The van der Waals surface area contributed by atoms with Crippen LogP contribution in [0.3, 0.4) is 0 Å². The van der Waals surface area contributed by atoms with Crippen LogP contribution in [0.25, 0.3) is 0 Å². The normalized spacial score (nSPS) is 24.3. The van der Waals surface area contributed by atoms with Crippen molar-refractivity contribution < 1.29 is 14.3 Å². The van der Waals surface area contributed by atoms with Gasteiger partial charge in [0.15, 0.2) is 0 Å². The molecule has 7 heteroatoms. The van der Waals surface area contributed by atoms with Crippen molar-refractivity contribution in [3.05, 3.63) is 0 Å². The molecule has 86 valence electrons. The Kier molecular flexibility index (Phi) is 3.81. The molecular weight excluding hydrogens is 243 g/mol. The van der Waals surface area contributed by atoms with E-state index in [1.54, 1.807) is 0 Å². The summed E-state index contributed by atoms with van der Waals surface area (Å²) in [5.41, 5.74) is 5.06. The van der Waals surface area contributed by atoms with Crippen LogP contribution in [0.1, 0.15) is 6.42 Å². The third-order valence-electron chi connectivity index (χ3n) is 2.14. The first-order valence-electron chi connectivity index (χ1n) is 4.35. The molecule has 1 rings (SSSR count). The Morgan fingerprint density at radius 1 is 1.67 bits per heavy atom. The third kappa shape index (κ3) is 3.22. The monoisotopic (exact) mass is 254 g/mol. The zero-order chi connectivity index (χ0) is 11.6. The van der Waals surface area contributed by atoms with Gasteiger partial charge in [0.2, 0.25) is 11.8 Å². The number of alkyl halides is 2. The molecule has 3 N–H and O–H groups in total. The van der Waals surface area contributed by atoms with Crippen LogP contribution in [0.5, 0.6) is 0 Å². The van der Waals surface area contributed by atoms with E-state index in [0.29, 0.717) is 6.42 Å². The Balaban J connectivity index is 2.45.